The summed E-state index contributed by atoms with van der Waals surface area (Å²) in [6.45, 7) is 4.58. The van der Waals surface area contributed by atoms with Gasteiger partial charge in [-0.25, -0.2) is 0 Å². The van der Waals surface area contributed by atoms with Crippen LogP contribution in [-0.4, -0.2) is 69.7 Å². The molecule has 45 heavy (non-hydrogen) atoms. The van der Waals surface area contributed by atoms with Crippen LogP contribution in [0.5, 0.6) is 11.5 Å². The molecule has 10 heteroatoms. The number of likely N-dealkylation sites (tertiary alicyclic amines) is 1. The van der Waals surface area contributed by atoms with E-state index in [-0.39, 0.29) is 29.6 Å². The third-order valence-electron chi connectivity index (χ3n) is 11.5. The van der Waals surface area contributed by atoms with Crippen molar-refractivity contribution in [2.24, 2.45) is 11.7 Å². The number of aromatic hydroxyl groups is 1. The number of benzene rings is 2. The number of amides is 2. The van der Waals surface area contributed by atoms with Crippen LogP contribution in [-0.2, 0) is 16.6 Å². The maximum atomic E-state index is 13.5. The van der Waals surface area contributed by atoms with Gasteiger partial charge in [0.05, 0.1) is 27.8 Å². The van der Waals surface area contributed by atoms with Gasteiger partial charge in [0.2, 0.25) is 5.91 Å². The average Bonchev–Trinajstić information content (AvgIpc) is 3.55. The molecule has 5 aliphatic rings. The number of H-pyrrole nitrogens is 1. The van der Waals surface area contributed by atoms with Gasteiger partial charge in [0.25, 0.3) is 5.91 Å². The molecule has 2 amide bonds. The number of aromatic amines is 1. The van der Waals surface area contributed by atoms with E-state index in [1.165, 1.54) is 18.4 Å². The molecule has 2 aliphatic heterocycles. The summed E-state index contributed by atoms with van der Waals surface area (Å²) < 4.78 is 6.67. The van der Waals surface area contributed by atoms with E-state index in [4.69, 9.17) is 10.5 Å². The Morgan fingerprint density at radius 3 is 2.78 bits per heavy atom. The Morgan fingerprint density at radius 1 is 1.13 bits per heavy atom. The Balaban J connectivity index is 1.09. The molecule has 1 aromatic heterocycles. The second-order valence-electron chi connectivity index (χ2n) is 13.9. The van der Waals surface area contributed by atoms with Crippen LogP contribution in [0.1, 0.15) is 96.8 Å². The SMILES string of the molecule is CC1N(CC2CC2)C2CC34c5c2ccc(O)c5O[C@H]3c2[nH]c3c(C(=O)NCCCCCC(=O)NCCN)cccc3c2C[C@@]14O. The highest BCUT2D eigenvalue weighted by Gasteiger charge is 2.75. The number of hydrogen-bond acceptors (Lipinski definition) is 7. The molecule has 3 aliphatic carbocycles. The lowest BCUT2D eigenvalue weighted by atomic mass is 9.55. The van der Waals surface area contributed by atoms with Crippen LogP contribution in [0.3, 0.4) is 0 Å². The van der Waals surface area contributed by atoms with Crippen molar-refractivity contribution in [3.8, 4) is 11.5 Å². The summed E-state index contributed by atoms with van der Waals surface area (Å²) in [5.41, 5.74) is 8.97. The van der Waals surface area contributed by atoms with Gasteiger partial charge in [-0.3, -0.25) is 14.5 Å². The van der Waals surface area contributed by atoms with E-state index >= 15 is 0 Å². The predicted octanol–water partition coefficient (Wildman–Crippen LogP) is 3.46. The first-order valence-electron chi connectivity index (χ1n) is 16.7. The molecular formula is C35H43N5O5. The highest BCUT2D eigenvalue weighted by Crippen LogP contribution is 2.73. The summed E-state index contributed by atoms with van der Waals surface area (Å²) in [7, 11) is 0. The second kappa shape index (κ2) is 10.5. The largest absolute Gasteiger partial charge is 0.504 e. The molecule has 1 saturated carbocycles. The van der Waals surface area contributed by atoms with Gasteiger partial charge < -0.3 is 36.3 Å². The van der Waals surface area contributed by atoms with Crippen LogP contribution in [0.15, 0.2) is 30.3 Å². The minimum atomic E-state index is -1.12. The lowest BCUT2D eigenvalue weighted by Gasteiger charge is -2.58. The second-order valence-corrected chi connectivity index (χ2v) is 13.9. The number of unbranched alkanes of at least 4 members (excludes halogenated alkanes) is 2. The van der Waals surface area contributed by atoms with E-state index in [9.17, 15) is 19.8 Å². The quantitative estimate of drug-likeness (QED) is 0.181. The topological polar surface area (TPSA) is 153 Å². The van der Waals surface area contributed by atoms with Crippen LogP contribution in [0.25, 0.3) is 10.9 Å². The molecule has 5 atom stereocenters. The molecule has 2 fully saturated rings. The molecule has 3 heterocycles. The molecule has 238 valence electrons. The number of ether oxygens (including phenoxy) is 1. The van der Waals surface area contributed by atoms with Crippen LogP contribution in [0.2, 0.25) is 0 Å². The number of aromatic nitrogens is 1. The van der Waals surface area contributed by atoms with E-state index in [1.807, 2.05) is 24.3 Å². The highest BCUT2D eigenvalue weighted by molar-refractivity contribution is 6.07. The van der Waals surface area contributed by atoms with Crippen molar-refractivity contribution < 1.29 is 24.5 Å². The number of carbonyl (C=O) groups excluding carboxylic acids is 2. The molecule has 0 radical (unpaired) electrons. The Morgan fingerprint density at radius 2 is 1.98 bits per heavy atom. The lowest BCUT2D eigenvalue weighted by molar-refractivity contribution is -0.170. The molecule has 1 saturated heterocycles. The molecular weight excluding hydrogens is 570 g/mol. The van der Waals surface area contributed by atoms with Gasteiger partial charge in [0.1, 0.15) is 0 Å². The fourth-order valence-corrected chi connectivity index (χ4v) is 9.10. The van der Waals surface area contributed by atoms with Crippen molar-refractivity contribution in [3.05, 3.63) is 58.3 Å². The number of nitrogens with one attached hydrogen (secondary N) is 3. The number of carbonyl (C=O) groups is 2. The number of hydrogen-bond donors (Lipinski definition) is 6. The van der Waals surface area contributed by atoms with Crippen molar-refractivity contribution in [3.63, 3.8) is 0 Å². The minimum absolute atomic E-state index is 0.00910. The predicted molar refractivity (Wildman–Crippen MR) is 169 cm³/mol. The number of nitrogens with zero attached hydrogens (tertiary/aromatic N) is 1. The summed E-state index contributed by atoms with van der Waals surface area (Å²) in [5, 5.41) is 30.8. The van der Waals surface area contributed by atoms with Crippen molar-refractivity contribution in [2.75, 3.05) is 26.2 Å². The third kappa shape index (κ3) is 4.11. The lowest BCUT2D eigenvalue weighted by Crippen LogP contribution is -2.69. The maximum absolute atomic E-state index is 13.5. The van der Waals surface area contributed by atoms with Crippen LogP contribution in [0.4, 0.5) is 0 Å². The summed E-state index contributed by atoms with van der Waals surface area (Å²) >= 11 is 0. The fraction of sp³-hybridized carbons (Fsp3) is 0.543. The van der Waals surface area contributed by atoms with Crippen LogP contribution >= 0.6 is 0 Å². The van der Waals surface area contributed by atoms with Crippen molar-refractivity contribution >= 4 is 22.7 Å². The zero-order valence-electron chi connectivity index (χ0n) is 25.8. The van der Waals surface area contributed by atoms with Gasteiger partial charge in [-0.1, -0.05) is 24.6 Å². The Labute approximate surface area is 262 Å². The minimum Gasteiger partial charge on any atom is -0.504 e. The van der Waals surface area contributed by atoms with Crippen molar-refractivity contribution in [2.45, 2.75) is 87.5 Å². The zero-order chi connectivity index (χ0) is 31.1. The standard InChI is InChI=1S/C35H43N5O5/c1-19-35(44)16-24-21-6-5-7-23(33(43)38-14-4-2-3-8-27(42)37-15-13-36)29(21)39-30(24)32-34(35)17-25(40(19)18-20-9-10-20)22-11-12-26(41)31(45-32)28(22)34/h5-7,11-12,19-20,25,32,39,41,44H,2-4,8-10,13-18,36H2,1H3,(H,37,42)(H,38,43)/t19?,25?,32-,34?,35+/m0/s1. The molecule has 1 spiro atoms. The normalized spacial score (nSPS) is 28.9. The first-order chi connectivity index (χ1) is 21.8. The van der Waals surface area contributed by atoms with E-state index in [1.54, 1.807) is 6.07 Å². The van der Waals surface area contributed by atoms with Crippen molar-refractivity contribution in [1.29, 1.82) is 0 Å². The number of nitrogens with two attached hydrogens (primary N) is 1. The first-order valence-corrected chi connectivity index (χ1v) is 16.7. The number of rotatable bonds is 11. The fourth-order valence-electron chi connectivity index (χ4n) is 9.10. The van der Waals surface area contributed by atoms with E-state index in [0.717, 1.165) is 60.0 Å². The number of piperidine rings is 1. The number of phenolic OH excluding ortho intramolecular Hbond substituents is 1. The summed E-state index contributed by atoms with van der Waals surface area (Å²) in [5.74, 6) is 1.14. The number of para-hydroxylation sites is 1. The first kappa shape index (κ1) is 28.8. The van der Waals surface area contributed by atoms with Gasteiger partial charge in [-0.15, -0.1) is 0 Å². The third-order valence-corrected chi connectivity index (χ3v) is 11.5. The van der Waals surface area contributed by atoms with Gasteiger partial charge in [-0.2, -0.15) is 0 Å². The van der Waals surface area contributed by atoms with E-state index in [2.05, 4.69) is 27.4 Å². The molecule has 10 nitrogen and oxygen atoms in total. The smallest absolute Gasteiger partial charge is 0.253 e. The Bertz CT molecular complexity index is 1700. The number of phenols is 1. The summed E-state index contributed by atoms with van der Waals surface area (Å²) in [6.07, 6.45) is 6.00. The molecule has 2 aromatic carbocycles. The highest BCUT2D eigenvalue weighted by atomic mass is 16.5. The molecule has 3 unspecified atom stereocenters. The van der Waals surface area contributed by atoms with Crippen LogP contribution < -0.4 is 21.1 Å². The van der Waals surface area contributed by atoms with E-state index in [0.29, 0.717) is 49.7 Å². The molecule has 3 aromatic rings. The number of aliphatic hydroxyl groups is 1. The Kier molecular flexibility index (Phi) is 6.71. The molecule has 7 N–H and O–H groups in total. The average molecular weight is 614 g/mol. The summed E-state index contributed by atoms with van der Waals surface area (Å²) in [4.78, 5) is 31.4. The summed E-state index contributed by atoms with van der Waals surface area (Å²) in [6, 6.07) is 9.61. The van der Waals surface area contributed by atoms with Crippen LogP contribution in [0, 0.1) is 5.92 Å². The van der Waals surface area contributed by atoms with Gasteiger partial charge in [0.15, 0.2) is 17.6 Å². The zero-order valence-corrected chi connectivity index (χ0v) is 25.8. The molecule has 8 rings (SSSR count). The maximum Gasteiger partial charge on any atom is 0.253 e. The number of fused-ring (bicyclic) bond motifs is 6. The molecule has 2 bridgehead atoms. The Hall–Kier alpha value is -3.60. The van der Waals surface area contributed by atoms with Crippen molar-refractivity contribution in [1.82, 2.24) is 20.5 Å². The van der Waals surface area contributed by atoms with Gasteiger partial charge in [0, 0.05) is 62.1 Å². The van der Waals surface area contributed by atoms with E-state index < -0.39 is 17.1 Å². The monoisotopic (exact) mass is 613 g/mol. The van der Waals surface area contributed by atoms with Gasteiger partial charge in [-0.05, 0) is 68.2 Å². The van der Waals surface area contributed by atoms with Gasteiger partial charge >= 0.3 is 0 Å².